The molecule has 0 fully saturated rings. The first-order valence-corrected chi connectivity index (χ1v) is 8.86. The number of hydrogen-bond acceptors (Lipinski definition) is 4. The lowest BCUT2D eigenvalue weighted by molar-refractivity contribution is -0.128. The van der Waals surface area contributed by atoms with Gasteiger partial charge in [-0.15, -0.1) is 0 Å². The Morgan fingerprint density at radius 3 is 2.00 bits per heavy atom. The molecule has 0 aliphatic rings. The van der Waals surface area contributed by atoms with E-state index in [9.17, 15) is 18.2 Å². The molecule has 2 aromatic carbocycles. The third-order valence-corrected chi connectivity index (χ3v) is 4.04. The van der Waals surface area contributed by atoms with Crippen LogP contribution in [0.1, 0.15) is 42.3 Å². The topological polar surface area (TPSA) is 52.6 Å². The van der Waals surface area contributed by atoms with Crippen LogP contribution >= 0.6 is 0 Å². The summed E-state index contributed by atoms with van der Waals surface area (Å²) in [7, 11) is -3.07. The zero-order valence-corrected chi connectivity index (χ0v) is 16.4. The third-order valence-electron chi connectivity index (χ3n) is 4.04. The minimum absolute atomic E-state index is 0.0986. The van der Waals surface area contributed by atoms with Crippen molar-refractivity contribution in [2.45, 2.75) is 26.2 Å². The van der Waals surface area contributed by atoms with Crippen molar-refractivity contribution in [3.8, 4) is 5.75 Å². The van der Waals surface area contributed by atoms with E-state index in [1.54, 1.807) is 12.1 Å². The molecule has 29 heavy (non-hydrogen) atoms. The van der Waals surface area contributed by atoms with Crippen molar-refractivity contribution < 1.29 is 27.6 Å². The minimum atomic E-state index is -3.07. The molecule has 2 rings (SSSR count). The monoisotopic (exact) mass is 398 g/mol. The fraction of sp³-hybridized carbons (Fsp3) is 0.182. The molecule has 0 bridgehead atoms. The van der Waals surface area contributed by atoms with Gasteiger partial charge >= 0.3 is 13.4 Å². The summed E-state index contributed by atoms with van der Waals surface area (Å²) >= 11 is 0. The highest BCUT2D eigenvalue weighted by molar-refractivity contribution is 6.36. The Kier molecular flexibility index (Phi) is 7.10. The van der Waals surface area contributed by atoms with Gasteiger partial charge in [0.05, 0.1) is 0 Å². The van der Waals surface area contributed by atoms with Crippen molar-refractivity contribution in [1.82, 2.24) is 0 Å². The fourth-order valence-electron chi connectivity index (χ4n) is 2.46. The van der Waals surface area contributed by atoms with Crippen LogP contribution < -0.4 is 4.74 Å². The number of allylic oxidation sites excluding steroid dienone is 1. The number of rotatable bonds is 7. The van der Waals surface area contributed by atoms with E-state index in [4.69, 9.17) is 4.74 Å². The van der Waals surface area contributed by atoms with Crippen LogP contribution in [0.15, 0.2) is 67.3 Å². The first-order valence-electron chi connectivity index (χ1n) is 8.86. The molecule has 0 spiro atoms. The van der Waals surface area contributed by atoms with E-state index < -0.39 is 19.2 Å². The van der Waals surface area contributed by atoms with Gasteiger partial charge in [0.25, 0.3) is 0 Å². The molecule has 150 valence electrons. The number of halogens is 2. The van der Waals surface area contributed by atoms with E-state index in [1.807, 2.05) is 32.9 Å². The van der Waals surface area contributed by atoms with Crippen molar-refractivity contribution in [1.29, 1.82) is 0 Å². The average molecular weight is 398 g/mol. The first kappa shape index (κ1) is 22.1. The van der Waals surface area contributed by atoms with Crippen molar-refractivity contribution in [2.75, 3.05) is 0 Å². The van der Waals surface area contributed by atoms with Crippen LogP contribution in [0.5, 0.6) is 5.75 Å². The normalized spacial score (nSPS) is 11.6. The number of carbonyl (C=O) groups excluding carboxylic acids is 2. The van der Waals surface area contributed by atoms with Gasteiger partial charge in [-0.3, -0.25) is 4.79 Å². The van der Waals surface area contributed by atoms with Gasteiger partial charge in [0.1, 0.15) is 11.5 Å². The number of benzene rings is 2. The van der Waals surface area contributed by atoms with E-state index >= 15 is 0 Å². The maximum absolute atomic E-state index is 12.9. The Bertz CT molecular complexity index is 911. The Morgan fingerprint density at radius 1 is 0.966 bits per heavy atom. The van der Waals surface area contributed by atoms with Crippen molar-refractivity contribution in [2.24, 2.45) is 0 Å². The molecule has 0 radical (unpaired) electrons. The van der Waals surface area contributed by atoms with Crippen LogP contribution in [0.2, 0.25) is 0 Å². The Labute approximate surface area is 169 Å². The molecule has 0 heterocycles. The summed E-state index contributed by atoms with van der Waals surface area (Å²) < 4.78 is 35.2. The molecule has 0 aliphatic heterocycles. The SMILES string of the molecule is C=CC(=O)Oc1ccc(C(=O)/C=C(\OB(F)F)c2ccc(C(C)(C)C)cc2)cc1. The summed E-state index contributed by atoms with van der Waals surface area (Å²) in [5, 5.41) is 0. The fourth-order valence-corrected chi connectivity index (χ4v) is 2.46. The lowest BCUT2D eigenvalue weighted by Crippen LogP contribution is -2.11. The second kappa shape index (κ2) is 9.32. The number of hydrogen-bond donors (Lipinski definition) is 0. The molecule has 7 heteroatoms. The van der Waals surface area contributed by atoms with Gasteiger partial charge in [0.15, 0.2) is 5.78 Å². The van der Waals surface area contributed by atoms with Gasteiger partial charge < -0.3 is 9.39 Å². The van der Waals surface area contributed by atoms with Crippen LogP contribution in [-0.4, -0.2) is 19.2 Å². The van der Waals surface area contributed by atoms with E-state index in [2.05, 4.69) is 11.2 Å². The third kappa shape index (κ3) is 6.42. The lowest BCUT2D eigenvalue weighted by atomic mass is 9.86. The Balaban J connectivity index is 2.28. The summed E-state index contributed by atoms with van der Waals surface area (Å²) in [5.74, 6) is -1.15. The maximum Gasteiger partial charge on any atom is 0.796 e. The second-order valence-electron chi connectivity index (χ2n) is 7.23. The molecule has 0 aliphatic carbocycles. The standard InChI is InChI=1S/C22H21BF2O4/c1-5-21(27)28-18-12-8-15(9-13-18)19(26)14-20(29-23(24)25)16-6-10-17(11-7-16)22(2,3)4/h5-14H,1H2,2-4H3/b20-14-. The Hall–Kier alpha value is -3.22. The zero-order valence-electron chi connectivity index (χ0n) is 16.4. The average Bonchev–Trinajstić information content (AvgIpc) is 2.67. The molecule has 4 nitrogen and oxygen atoms in total. The minimum Gasteiger partial charge on any atom is -0.505 e. The van der Waals surface area contributed by atoms with Crippen LogP contribution in [0.3, 0.4) is 0 Å². The summed E-state index contributed by atoms with van der Waals surface area (Å²) in [6, 6.07) is 12.6. The van der Waals surface area contributed by atoms with Crippen molar-refractivity contribution >= 4 is 25.0 Å². The van der Waals surface area contributed by atoms with Gasteiger partial charge in [0, 0.05) is 23.3 Å². The highest BCUT2D eigenvalue weighted by atomic mass is 19.2. The Morgan fingerprint density at radius 2 is 1.52 bits per heavy atom. The molecule has 2 aromatic rings. The van der Waals surface area contributed by atoms with Crippen LogP contribution in [-0.2, 0) is 14.9 Å². The van der Waals surface area contributed by atoms with Crippen LogP contribution in [0.4, 0.5) is 8.63 Å². The molecular weight excluding hydrogens is 377 g/mol. The predicted molar refractivity (Wildman–Crippen MR) is 109 cm³/mol. The zero-order chi connectivity index (χ0) is 21.6. The van der Waals surface area contributed by atoms with Gasteiger partial charge in [-0.1, -0.05) is 51.6 Å². The molecule has 0 N–H and O–H groups in total. The van der Waals surface area contributed by atoms with Crippen LogP contribution in [0, 0.1) is 0 Å². The summed E-state index contributed by atoms with van der Waals surface area (Å²) in [5.41, 5.74) is 1.51. The smallest absolute Gasteiger partial charge is 0.505 e. The van der Waals surface area contributed by atoms with Crippen molar-refractivity contribution in [3.63, 3.8) is 0 Å². The van der Waals surface area contributed by atoms with E-state index in [1.165, 1.54) is 24.3 Å². The van der Waals surface area contributed by atoms with E-state index in [0.717, 1.165) is 17.7 Å². The van der Waals surface area contributed by atoms with Crippen LogP contribution in [0.25, 0.3) is 5.76 Å². The molecule has 0 saturated carbocycles. The summed E-state index contributed by atoms with van der Waals surface area (Å²) in [6.45, 7) is 9.40. The van der Waals surface area contributed by atoms with Crippen molar-refractivity contribution in [3.05, 3.63) is 84.0 Å². The largest absolute Gasteiger partial charge is 0.796 e. The van der Waals surface area contributed by atoms with E-state index in [0.29, 0.717) is 5.56 Å². The molecule has 0 unspecified atom stereocenters. The second-order valence-corrected chi connectivity index (χ2v) is 7.23. The maximum atomic E-state index is 12.9. The molecule has 0 amide bonds. The molecular formula is C22H21BF2O4. The quantitative estimate of drug-likeness (QED) is 0.160. The molecule has 0 saturated heterocycles. The summed E-state index contributed by atoms with van der Waals surface area (Å²) in [4.78, 5) is 23.7. The molecule has 0 aromatic heterocycles. The first-order chi connectivity index (χ1) is 13.6. The van der Waals surface area contributed by atoms with Gasteiger partial charge in [-0.2, -0.15) is 0 Å². The highest BCUT2D eigenvalue weighted by Crippen LogP contribution is 2.26. The molecule has 0 atom stereocenters. The predicted octanol–water partition coefficient (Wildman–Crippen LogP) is 5.24. The van der Waals surface area contributed by atoms with Gasteiger partial charge in [0.2, 0.25) is 0 Å². The lowest BCUT2D eigenvalue weighted by Gasteiger charge is -2.19. The van der Waals surface area contributed by atoms with Gasteiger partial charge in [-0.05, 0) is 35.2 Å². The number of esters is 1. The van der Waals surface area contributed by atoms with Gasteiger partial charge in [-0.25, -0.2) is 13.4 Å². The number of ether oxygens (including phenoxy) is 1. The number of carbonyl (C=O) groups is 2. The summed E-state index contributed by atoms with van der Waals surface area (Å²) in [6.07, 6.45) is 2.03. The highest BCUT2D eigenvalue weighted by Gasteiger charge is 2.22. The van der Waals surface area contributed by atoms with E-state index in [-0.39, 0.29) is 22.5 Å². The number of ketones is 1.